The van der Waals surface area contributed by atoms with Crippen molar-refractivity contribution in [3.05, 3.63) is 23.8 Å². The number of carbonyl (C=O) groups excluding carboxylic acids is 2. The Bertz CT molecular complexity index is 584. The van der Waals surface area contributed by atoms with E-state index in [9.17, 15) is 9.59 Å². The van der Waals surface area contributed by atoms with Crippen LogP contribution in [0.25, 0.3) is 0 Å². The topological polar surface area (TPSA) is 89.0 Å². The van der Waals surface area contributed by atoms with Crippen LogP contribution in [-0.4, -0.2) is 38.4 Å². The van der Waals surface area contributed by atoms with Crippen molar-refractivity contribution < 1.29 is 19.1 Å². The summed E-state index contributed by atoms with van der Waals surface area (Å²) in [6.45, 7) is 0.666. The summed E-state index contributed by atoms with van der Waals surface area (Å²) in [6.07, 6.45) is 1.46. The molecule has 0 spiro atoms. The average Bonchev–Trinajstić information content (AvgIpc) is 2.53. The molecule has 1 aromatic carbocycles. The molecule has 1 heterocycles. The second kappa shape index (κ2) is 6.74. The van der Waals surface area contributed by atoms with Crippen molar-refractivity contribution in [3.8, 4) is 5.75 Å². The Morgan fingerprint density at radius 3 is 2.86 bits per heavy atom. The van der Waals surface area contributed by atoms with Gasteiger partial charge in [-0.25, -0.2) is 4.79 Å². The van der Waals surface area contributed by atoms with Gasteiger partial charge in [0.15, 0.2) is 0 Å². The second-order valence-electron chi connectivity index (χ2n) is 4.44. The highest BCUT2D eigenvalue weighted by Gasteiger charge is 2.16. The lowest BCUT2D eigenvalue weighted by atomic mass is 10.1. The van der Waals surface area contributed by atoms with Gasteiger partial charge in [-0.15, -0.1) is 0 Å². The summed E-state index contributed by atoms with van der Waals surface area (Å²) in [4.78, 5) is 23.1. The number of carbonyl (C=O) groups is 2. The molecule has 0 saturated carbocycles. The van der Waals surface area contributed by atoms with Gasteiger partial charge >= 0.3 is 5.97 Å². The maximum Gasteiger partial charge on any atom is 0.337 e. The third-order valence-electron chi connectivity index (χ3n) is 3.07. The third-order valence-corrected chi connectivity index (χ3v) is 3.07. The third kappa shape index (κ3) is 3.50. The van der Waals surface area contributed by atoms with Crippen molar-refractivity contribution in [1.82, 2.24) is 5.32 Å². The molecule has 1 fully saturated rings. The first-order valence-corrected chi connectivity index (χ1v) is 6.53. The number of esters is 1. The van der Waals surface area contributed by atoms with Crippen LogP contribution in [0.5, 0.6) is 5.75 Å². The highest BCUT2D eigenvalue weighted by atomic mass is 16.5. The van der Waals surface area contributed by atoms with Crippen molar-refractivity contribution in [2.45, 2.75) is 12.8 Å². The molecule has 1 amide bonds. The summed E-state index contributed by atoms with van der Waals surface area (Å²) in [5.41, 5.74) is 4.06. The highest BCUT2D eigenvalue weighted by Crippen LogP contribution is 2.26. The van der Waals surface area contributed by atoms with Gasteiger partial charge in [-0.2, -0.15) is 5.10 Å². The number of ether oxygens (including phenoxy) is 2. The Morgan fingerprint density at radius 1 is 1.38 bits per heavy atom. The van der Waals surface area contributed by atoms with Crippen molar-refractivity contribution in [1.29, 1.82) is 0 Å². The minimum Gasteiger partial charge on any atom is -0.495 e. The maximum absolute atomic E-state index is 11.6. The van der Waals surface area contributed by atoms with Crippen molar-refractivity contribution in [2.75, 3.05) is 26.2 Å². The van der Waals surface area contributed by atoms with Gasteiger partial charge < -0.3 is 14.8 Å². The zero-order chi connectivity index (χ0) is 15.2. The molecule has 7 nitrogen and oxygen atoms in total. The molecule has 1 saturated heterocycles. The summed E-state index contributed by atoms with van der Waals surface area (Å²) in [5, 5.41) is 6.81. The molecule has 1 aromatic rings. The van der Waals surface area contributed by atoms with E-state index in [-0.39, 0.29) is 5.91 Å². The zero-order valence-electron chi connectivity index (χ0n) is 11.9. The zero-order valence-corrected chi connectivity index (χ0v) is 11.9. The van der Waals surface area contributed by atoms with Crippen molar-refractivity contribution >= 4 is 23.3 Å². The van der Waals surface area contributed by atoms with Gasteiger partial charge in [0.2, 0.25) is 0 Å². The van der Waals surface area contributed by atoms with Crippen LogP contribution in [0.2, 0.25) is 0 Å². The summed E-state index contributed by atoms with van der Waals surface area (Å²) < 4.78 is 9.86. The van der Waals surface area contributed by atoms with E-state index in [4.69, 9.17) is 4.74 Å². The van der Waals surface area contributed by atoms with E-state index in [1.165, 1.54) is 14.2 Å². The molecule has 1 aliphatic heterocycles. The number of methoxy groups -OCH3 is 2. The van der Waals surface area contributed by atoms with E-state index in [0.29, 0.717) is 35.7 Å². The van der Waals surface area contributed by atoms with Crippen LogP contribution in [0.4, 0.5) is 5.69 Å². The van der Waals surface area contributed by atoms with E-state index in [1.54, 1.807) is 18.2 Å². The molecule has 0 radical (unpaired) electrons. The molecular formula is C14H17N3O4. The number of anilines is 1. The van der Waals surface area contributed by atoms with Crippen LogP contribution < -0.4 is 15.5 Å². The number of hydrogen-bond donors (Lipinski definition) is 2. The van der Waals surface area contributed by atoms with E-state index in [0.717, 1.165) is 6.42 Å². The number of nitrogens with one attached hydrogen (secondary N) is 2. The first-order valence-electron chi connectivity index (χ1n) is 6.53. The molecule has 21 heavy (non-hydrogen) atoms. The Morgan fingerprint density at radius 2 is 2.19 bits per heavy atom. The number of hydrogen-bond acceptors (Lipinski definition) is 6. The fraction of sp³-hybridized carbons (Fsp3) is 0.357. The lowest BCUT2D eigenvalue weighted by Crippen LogP contribution is -2.37. The second-order valence-corrected chi connectivity index (χ2v) is 4.44. The lowest BCUT2D eigenvalue weighted by molar-refractivity contribution is -0.115. The lowest BCUT2D eigenvalue weighted by Gasteiger charge is -2.14. The van der Waals surface area contributed by atoms with Gasteiger partial charge in [0.1, 0.15) is 11.5 Å². The van der Waals surface area contributed by atoms with Crippen LogP contribution in [-0.2, 0) is 9.53 Å². The molecule has 0 aliphatic carbocycles. The predicted molar refractivity (Wildman–Crippen MR) is 77.6 cm³/mol. The summed E-state index contributed by atoms with van der Waals surface area (Å²) in [5.74, 6) is -0.121. The van der Waals surface area contributed by atoms with Crippen molar-refractivity contribution in [3.63, 3.8) is 0 Å². The van der Waals surface area contributed by atoms with Gasteiger partial charge in [0.25, 0.3) is 5.91 Å². The molecule has 0 bridgehead atoms. The molecule has 112 valence electrons. The monoisotopic (exact) mass is 291 g/mol. The van der Waals surface area contributed by atoms with E-state index in [1.807, 2.05) is 0 Å². The number of piperidine rings is 1. The quantitative estimate of drug-likeness (QED) is 0.642. The SMILES string of the molecule is COC(=O)c1ccc(OC)c(N/N=C2\CCCNC2=O)c1. The smallest absolute Gasteiger partial charge is 0.337 e. The molecule has 1 aliphatic rings. The Hall–Kier alpha value is -2.57. The number of nitrogens with zero attached hydrogens (tertiary/aromatic N) is 1. The number of hydrazone groups is 1. The molecular weight excluding hydrogens is 274 g/mol. The van der Waals surface area contributed by atoms with Crippen LogP contribution in [0, 0.1) is 0 Å². The minimum absolute atomic E-state index is 0.183. The molecule has 0 aromatic heterocycles. The van der Waals surface area contributed by atoms with Crippen LogP contribution in [0.15, 0.2) is 23.3 Å². The summed E-state index contributed by atoms with van der Waals surface area (Å²) >= 11 is 0. The summed E-state index contributed by atoms with van der Waals surface area (Å²) in [7, 11) is 2.82. The number of rotatable bonds is 4. The van der Waals surface area contributed by atoms with Crippen LogP contribution in [0.1, 0.15) is 23.2 Å². The Balaban J connectivity index is 2.23. The first-order chi connectivity index (χ1) is 10.2. The number of amides is 1. The van der Waals surface area contributed by atoms with E-state index in [2.05, 4.69) is 20.6 Å². The van der Waals surface area contributed by atoms with E-state index >= 15 is 0 Å². The first kappa shape index (κ1) is 14.8. The molecule has 0 atom stereocenters. The molecule has 0 unspecified atom stereocenters. The Kier molecular flexibility index (Phi) is 4.76. The standard InChI is InChI=1S/C14H17N3O4/c1-20-12-6-5-9(14(19)21-2)8-11(12)17-16-10-4-3-7-15-13(10)18/h5-6,8,17H,3-4,7H2,1-2H3,(H,15,18)/b16-10+. The summed E-state index contributed by atoms with van der Waals surface area (Å²) in [6, 6.07) is 4.79. The predicted octanol–water partition coefficient (Wildman–Crippen LogP) is 1.16. The molecule has 2 rings (SSSR count). The number of benzene rings is 1. The highest BCUT2D eigenvalue weighted by molar-refractivity contribution is 6.39. The van der Waals surface area contributed by atoms with E-state index < -0.39 is 5.97 Å². The van der Waals surface area contributed by atoms with Crippen molar-refractivity contribution in [2.24, 2.45) is 5.10 Å². The fourth-order valence-electron chi connectivity index (χ4n) is 1.95. The Labute approximate surface area is 122 Å². The normalized spacial score (nSPS) is 16.3. The average molecular weight is 291 g/mol. The van der Waals surface area contributed by atoms with Gasteiger partial charge in [-0.3, -0.25) is 10.2 Å². The minimum atomic E-state index is -0.455. The fourth-order valence-corrected chi connectivity index (χ4v) is 1.95. The van der Waals surface area contributed by atoms with Crippen LogP contribution >= 0.6 is 0 Å². The van der Waals surface area contributed by atoms with Gasteiger partial charge in [0.05, 0.1) is 25.5 Å². The molecule has 2 N–H and O–H groups in total. The largest absolute Gasteiger partial charge is 0.495 e. The molecule has 7 heteroatoms. The maximum atomic E-state index is 11.6. The van der Waals surface area contributed by atoms with Gasteiger partial charge in [-0.1, -0.05) is 0 Å². The van der Waals surface area contributed by atoms with Gasteiger partial charge in [-0.05, 0) is 31.0 Å². The van der Waals surface area contributed by atoms with Gasteiger partial charge in [0, 0.05) is 6.54 Å². The van der Waals surface area contributed by atoms with Crippen LogP contribution in [0.3, 0.4) is 0 Å².